The summed E-state index contributed by atoms with van der Waals surface area (Å²) in [6.07, 6.45) is 0. The molecule has 0 radical (unpaired) electrons. The number of rotatable bonds is 4. The molecule has 5 rings (SSSR count). The van der Waals surface area contributed by atoms with Crippen molar-refractivity contribution >= 4 is 22.4 Å². The molecular weight excluding hydrogens is 326 g/mol. The number of hydrogen-bond acceptors (Lipinski definition) is 3. The lowest BCUT2D eigenvalue weighted by molar-refractivity contribution is 0.135. The SMILES string of the molecule is c1ccc(-c2cc(CN3CC(c4nc5ccccc5[nH]4)C3)cs2)cc1. The van der Waals surface area contributed by atoms with E-state index in [1.807, 2.05) is 17.4 Å². The molecule has 4 aromatic rings. The van der Waals surface area contributed by atoms with Gasteiger partial charge in [0.1, 0.15) is 5.82 Å². The van der Waals surface area contributed by atoms with Crippen LogP contribution in [-0.4, -0.2) is 28.0 Å². The van der Waals surface area contributed by atoms with Crippen LogP contribution < -0.4 is 0 Å². The lowest BCUT2D eigenvalue weighted by atomic mass is 9.99. The number of H-pyrrole nitrogens is 1. The van der Waals surface area contributed by atoms with E-state index in [0.717, 1.165) is 36.5 Å². The number of fused-ring (bicyclic) bond motifs is 1. The topological polar surface area (TPSA) is 31.9 Å². The van der Waals surface area contributed by atoms with Crippen LogP contribution in [0.2, 0.25) is 0 Å². The molecular formula is C21H19N3S. The van der Waals surface area contributed by atoms with E-state index in [1.165, 1.54) is 16.0 Å². The summed E-state index contributed by atoms with van der Waals surface area (Å²) in [6.45, 7) is 3.19. The van der Waals surface area contributed by atoms with E-state index < -0.39 is 0 Å². The van der Waals surface area contributed by atoms with Gasteiger partial charge in [-0.15, -0.1) is 11.3 Å². The minimum atomic E-state index is 0.527. The third-order valence-corrected chi connectivity index (χ3v) is 5.90. The zero-order valence-corrected chi connectivity index (χ0v) is 14.7. The van der Waals surface area contributed by atoms with Crippen molar-refractivity contribution in [1.82, 2.24) is 14.9 Å². The smallest absolute Gasteiger partial charge is 0.112 e. The van der Waals surface area contributed by atoms with Gasteiger partial charge in [-0.05, 0) is 34.7 Å². The monoisotopic (exact) mass is 345 g/mol. The van der Waals surface area contributed by atoms with Crippen molar-refractivity contribution < 1.29 is 0 Å². The van der Waals surface area contributed by atoms with Crippen LogP contribution in [0.4, 0.5) is 0 Å². The second-order valence-electron chi connectivity index (χ2n) is 6.72. The van der Waals surface area contributed by atoms with Gasteiger partial charge in [0.05, 0.1) is 11.0 Å². The molecule has 1 saturated heterocycles. The van der Waals surface area contributed by atoms with Gasteiger partial charge in [0.2, 0.25) is 0 Å². The van der Waals surface area contributed by atoms with E-state index in [2.05, 4.69) is 69.9 Å². The largest absolute Gasteiger partial charge is 0.342 e. The van der Waals surface area contributed by atoms with Crippen molar-refractivity contribution in [3.8, 4) is 10.4 Å². The van der Waals surface area contributed by atoms with Gasteiger partial charge >= 0.3 is 0 Å². The summed E-state index contributed by atoms with van der Waals surface area (Å²) < 4.78 is 0. The molecule has 0 aliphatic carbocycles. The molecule has 2 aromatic heterocycles. The Morgan fingerprint density at radius 3 is 2.68 bits per heavy atom. The molecule has 0 unspecified atom stereocenters. The number of benzene rings is 2. The molecule has 1 aliphatic rings. The Hall–Kier alpha value is -2.43. The summed E-state index contributed by atoms with van der Waals surface area (Å²) in [6, 6.07) is 21.2. The number of aromatic amines is 1. The molecule has 0 amide bonds. The van der Waals surface area contributed by atoms with Crippen molar-refractivity contribution in [3.05, 3.63) is 77.4 Å². The van der Waals surface area contributed by atoms with Crippen LogP contribution in [0.25, 0.3) is 21.5 Å². The summed E-state index contributed by atoms with van der Waals surface area (Å²) >= 11 is 1.83. The Balaban J connectivity index is 1.23. The Kier molecular flexibility index (Phi) is 3.65. The van der Waals surface area contributed by atoms with Gasteiger partial charge in [0, 0.05) is 30.4 Å². The molecule has 25 heavy (non-hydrogen) atoms. The first-order valence-electron chi connectivity index (χ1n) is 8.65. The minimum absolute atomic E-state index is 0.527. The van der Waals surface area contributed by atoms with Crippen LogP contribution in [0, 0.1) is 0 Å². The number of nitrogens with one attached hydrogen (secondary N) is 1. The predicted molar refractivity (Wildman–Crippen MR) is 104 cm³/mol. The maximum atomic E-state index is 4.74. The fourth-order valence-corrected chi connectivity index (χ4v) is 4.42. The molecule has 0 atom stereocenters. The molecule has 0 spiro atoms. The number of hydrogen-bond donors (Lipinski definition) is 1. The molecule has 2 aromatic carbocycles. The lowest BCUT2D eigenvalue weighted by Gasteiger charge is -2.37. The second-order valence-corrected chi connectivity index (χ2v) is 7.63. The highest BCUT2D eigenvalue weighted by molar-refractivity contribution is 7.13. The molecule has 0 bridgehead atoms. The number of nitrogens with zero attached hydrogens (tertiary/aromatic N) is 2. The van der Waals surface area contributed by atoms with Crippen LogP contribution in [-0.2, 0) is 6.54 Å². The molecule has 1 aliphatic heterocycles. The number of aromatic nitrogens is 2. The van der Waals surface area contributed by atoms with Gasteiger partial charge in [-0.1, -0.05) is 42.5 Å². The normalized spacial score (nSPS) is 15.5. The van der Waals surface area contributed by atoms with E-state index in [9.17, 15) is 0 Å². The van der Waals surface area contributed by atoms with Gasteiger partial charge in [-0.2, -0.15) is 0 Å². The van der Waals surface area contributed by atoms with E-state index >= 15 is 0 Å². The Bertz CT molecular complexity index is 963. The van der Waals surface area contributed by atoms with Crippen LogP contribution in [0.15, 0.2) is 66.0 Å². The highest BCUT2D eigenvalue weighted by Gasteiger charge is 2.30. The quantitative estimate of drug-likeness (QED) is 0.571. The average Bonchev–Trinajstić information content (AvgIpc) is 3.25. The van der Waals surface area contributed by atoms with Crippen LogP contribution in [0.5, 0.6) is 0 Å². The molecule has 3 heterocycles. The van der Waals surface area contributed by atoms with Gasteiger partial charge in [-0.3, -0.25) is 4.90 Å². The fraction of sp³-hybridized carbons (Fsp3) is 0.190. The highest BCUT2D eigenvalue weighted by atomic mass is 32.1. The van der Waals surface area contributed by atoms with Crippen molar-refractivity contribution in [2.24, 2.45) is 0 Å². The van der Waals surface area contributed by atoms with Crippen LogP contribution in [0.1, 0.15) is 17.3 Å². The highest BCUT2D eigenvalue weighted by Crippen LogP contribution is 2.31. The predicted octanol–water partition coefficient (Wildman–Crippen LogP) is 4.89. The molecule has 124 valence electrons. The molecule has 0 saturated carbocycles. The van der Waals surface area contributed by atoms with Gasteiger partial charge < -0.3 is 4.98 Å². The molecule has 3 nitrogen and oxygen atoms in total. The van der Waals surface area contributed by atoms with E-state index in [-0.39, 0.29) is 0 Å². The fourth-order valence-electron chi connectivity index (χ4n) is 3.51. The van der Waals surface area contributed by atoms with Crippen LogP contribution in [0.3, 0.4) is 0 Å². The Morgan fingerprint density at radius 1 is 1.04 bits per heavy atom. The van der Waals surface area contributed by atoms with E-state index in [0.29, 0.717) is 5.92 Å². The summed E-state index contributed by atoms with van der Waals surface area (Å²) in [5, 5.41) is 2.29. The summed E-state index contributed by atoms with van der Waals surface area (Å²) in [5.41, 5.74) is 4.93. The molecule has 1 fully saturated rings. The zero-order valence-electron chi connectivity index (χ0n) is 13.9. The number of imidazole rings is 1. The van der Waals surface area contributed by atoms with Crippen molar-refractivity contribution in [2.75, 3.05) is 13.1 Å². The maximum absolute atomic E-state index is 4.74. The minimum Gasteiger partial charge on any atom is -0.342 e. The van der Waals surface area contributed by atoms with Crippen LogP contribution >= 0.6 is 11.3 Å². The summed E-state index contributed by atoms with van der Waals surface area (Å²) in [4.78, 5) is 12.1. The third kappa shape index (κ3) is 2.88. The lowest BCUT2D eigenvalue weighted by Crippen LogP contribution is -2.44. The third-order valence-electron chi connectivity index (χ3n) is 4.87. The Morgan fingerprint density at radius 2 is 1.84 bits per heavy atom. The summed E-state index contributed by atoms with van der Waals surface area (Å²) in [7, 11) is 0. The first kappa shape index (κ1) is 14.9. The first-order chi connectivity index (χ1) is 12.3. The maximum Gasteiger partial charge on any atom is 0.112 e. The van der Waals surface area contributed by atoms with Gasteiger partial charge in [-0.25, -0.2) is 4.98 Å². The number of thiophene rings is 1. The number of para-hydroxylation sites is 2. The zero-order chi connectivity index (χ0) is 16.6. The van der Waals surface area contributed by atoms with E-state index in [1.54, 1.807) is 0 Å². The molecule has 1 N–H and O–H groups in total. The van der Waals surface area contributed by atoms with Gasteiger partial charge in [0.15, 0.2) is 0 Å². The van der Waals surface area contributed by atoms with Crippen molar-refractivity contribution in [2.45, 2.75) is 12.5 Å². The second kappa shape index (κ2) is 6.14. The van der Waals surface area contributed by atoms with Crippen molar-refractivity contribution in [3.63, 3.8) is 0 Å². The van der Waals surface area contributed by atoms with Crippen molar-refractivity contribution in [1.29, 1.82) is 0 Å². The molecule has 4 heteroatoms. The summed E-state index contributed by atoms with van der Waals surface area (Å²) in [5.74, 6) is 1.66. The first-order valence-corrected chi connectivity index (χ1v) is 9.53. The van der Waals surface area contributed by atoms with Gasteiger partial charge in [0.25, 0.3) is 0 Å². The standard InChI is InChI=1S/C21H19N3S/c1-2-6-16(7-3-1)20-10-15(14-25-20)11-24-12-17(13-24)21-22-18-8-4-5-9-19(18)23-21/h1-10,14,17H,11-13H2,(H,22,23). The number of likely N-dealkylation sites (tertiary alicyclic amines) is 1. The Labute approximate surface area is 151 Å². The van der Waals surface area contributed by atoms with E-state index in [4.69, 9.17) is 4.98 Å². The average molecular weight is 345 g/mol.